The van der Waals surface area contributed by atoms with E-state index in [9.17, 15) is 0 Å². The van der Waals surface area contributed by atoms with Gasteiger partial charge in [0, 0.05) is 12.1 Å². The summed E-state index contributed by atoms with van der Waals surface area (Å²) in [7, 11) is 0. The third-order valence-corrected chi connectivity index (χ3v) is 3.46. The quantitative estimate of drug-likeness (QED) is 0.631. The maximum Gasteiger partial charge on any atom is 0.0279 e. The van der Waals surface area contributed by atoms with Crippen LogP contribution in [-0.2, 0) is 0 Å². The van der Waals surface area contributed by atoms with Crippen molar-refractivity contribution in [3.8, 4) is 0 Å². The molecule has 1 saturated carbocycles. The topological polar surface area (TPSA) is 12.0 Å². The van der Waals surface area contributed by atoms with Gasteiger partial charge in [0.1, 0.15) is 0 Å². The lowest BCUT2D eigenvalue weighted by molar-refractivity contribution is 0.326. The number of fused-ring (bicyclic) bond motifs is 1. The SMILES string of the molecule is C=C(C)C1C[C@@H]2CCCC[C@@H]2N1.CC. The molecule has 2 aliphatic rings. The second-order valence-corrected chi connectivity index (χ2v) is 4.45. The van der Waals surface area contributed by atoms with Gasteiger partial charge in [-0.2, -0.15) is 0 Å². The highest BCUT2D eigenvalue weighted by Crippen LogP contribution is 2.34. The minimum absolute atomic E-state index is 0.623. The van der Waals surface area contributed by atoms with Crippen molar-refractivity contribution in [1.82, 2.24) is 5.32 Å². The van der Waals surface area contributed by atoms with E-state index in [0.29, 0.717) is 6.04 Å². The van der Waals surface area contributed by atoms with E-state index >= 15 is 0 Å². The molecule has 1 aliphatic heterocycles. The van der Waals surface area contributed by atoms with E-state index < -0.39 is 0 Å². The molecule has 14 heavy (non-hydrogen) atoms. The van der Waals surface area contributed by atoms with E-state index in [4.69, 9.17) is 0 Å². The highest BCUT2D eigenvalue weighted by molar-refractivity contribution is 5.08. The fourth-order valence-corrected chi connectivity index (χ4v) is 2.68. The van der Waals surface area contributed by atoms with Gasteiger partial charge in [-0.3, -0.25) is 0 Å². The third-order valence-electron chi connectivity index (χ3n) is 3.46. The second kappa shape index (κ2) is 5.55. The number of rotatable bonds is 1. The largest absolute Gasteiger partial charge is 0.307 e. The predicted molar refractivity (Wildman–Crippen MR) is 63.4 cm³/mol. The van der Waals surface area contributed by atoms with Crippen molar-refractivity contribution in [2.24, 2.45) is 5.92 Å². The molecule has 0 amide bonds. The van der Waals surface area contributed by atoms with Crippen LogP contribution in [0.3, 0.4) is 0 Å². The van der Waals surface area contributed by atoms with Crippen molar-refractivity contribution in [2.45, 2.75) is 65.0 Å². The van der Waals surface area contributed by atoms with Gasteiger partial charge in [0.2, 0.25) is 0 Å². The standard InChI is InChI=1S/C11H19N.C2H6/c1-8(2)11-7-9-5-3-4-6-10(9)12-11;1-2/h9-12H,1,3-7H2,2H3;1-2H3/t9-,10-,11?;/m0./s1. The second-order valence-electron chi connectivity index (χ2n) is 4.45. The average Bonchev–Trinajstić information content (AvgIpc) is 2.64. The Bertz CT molecular complexity index is 172. The highest BCUT2D eigenvalue weighted by Gasteiger charge is 2.34. The first kappa shape index (κ1) is 11.8. The third kappa shape index (κ3) is 2.60. The molecule has 0 radical (unpaired) electrons. The van der Waals surface area contributed by atoms with Crippen molar-refractivity contribution in [2.75, 3.05) is 0 Å². The van der Waals surface area contributed by atoms with Crippen LogP contribution in [0.2, 0.25) is 0 Å². The summed E-state index contributed by atoms with van der Waals surface area (Å²) in [6, 6.07) is 1.44. The van der Waals surface area contributed by atoms with Crippen molar-refractivity contribution in [3.63, 3.8) is 0 Å². The van der Waals surface area contributed by atoms with E-state index in [2.05, 4.69) is 18.8 Å². The van der Waals surface area contributed by atoms with Crippen molar-refractivity contribution >= 4 is 0 Å². The zero-order chi connectivity index (χ0) is 10.6. The Kier molecular flexibility index (Phi) is 4.67. The van der Waals surface area contributed by atoms with Gasteiger partial charge in [-0.1, -0.05) is 38.8 Å². The smallest absolute Gasteiger partial charge is 0.0279 e. The Morgan fingerprint density at radius 2 is 1.86 bits per heavy atom. The summed E-state index contributed by atoms with van der Waals surface area (Å²) < 4.78 is 0. The molecule has 2 fully saturated rings. The van der Waals surface area contributed by atoms with Crippen LogP contribution in [-0.4, -0.2) is 12.1 Å². The zero-order valence-corrected chi connectivity index (χ0v) is 9.97. The maximum atomic E-state index is 4.03. The van der Waals surface area contributed by atoms with Gasteiger partial charge >= 0.3 is 0 Å². The molecule has 0 aromatic rings. The van der Waals surface area contributed by atoms with Crippen molar-refractivity contribution < 1.29 is 0 Å². The molecule has 1 heteroatoms. The fraction of sp³-hybridized carbons (Fsp3) is 0.846. The summed E-state index contributed by atoms with van der Waals surface area (Å²) in [6.07, 6.45) is 7.07. The van der Waals surface area contributed by atoms with E-state index in [-0.39, 0.29) is 0 Å². The van der Waals surface area contributed by atoms with Crippen LogP contribution >= 0.6 is 0 Å². The summed E-state index contributed by atoms with van der Waals surface area (Å²) in [5.74, 6) is 0.959. The van der Waals surface area contributed by atoms with Gasteiger partial charge in [-0.05, 0) is 32.1 Å². The summed E-state index contributed by atoms with van der Waals surface area (Å²) in [6.45, 7) is 10.2. The summed E-state index contributed by atoms with van der Waals surface area (Å²) >= 11 is 0. The Morgan fingerprint density at radius 3 is 2.43 bits per heavy atom. The van der Waals surface area contributed by atoms with Gasteiger partial charge in [0.15, 0.2) is 0 Å². The van der Waals surface area contributed by atoms with E-state index in [1.807, 2.05) is 13.8 Å². The Hall–Kier alpha value is -0.300. The molecule has 0 bridgehead atoms. The van der Waals surface area contributed by atoms with Crippen molar-refractivity contribution in [1.29, 1.82) is 0 Å². The van der Waals surface area contributed by atoms with E-state index in [0.717, 1.165) is 12.0 Å². The van der Waals surface area contributed by atoms with Gasteiger partial charge in [-0.15, -0.1) is 0 Å². The molecule has 0 spiro atoms. The molecule has 3 atom stereocenters. The lowest BCUT2D eigenvalue weighted by atomic mass is 9.84. The molecule has 82 valence electrons. The lowest BCUT2D eigenvalue weighted by Crippen LogP contribution is -2.33. The van der Waals surface area contributed by atoms with Gasteiger partial charge in [0.25, 0.3) is 0 Å². The first-order chi connectivity index (χ1) is 6.77. The van der Waals surface area contributed by atoms with Crippen molar-refractivity contribution in [3.05, 3.63) is 12.2 Å². The molecule has 0 aromatic heterocycles. The lowest BCUT2D eigenvalue weighted by Gasteiger charge is -2.24. The Balaban J connectivity index is 0.000000461. The zero-order valence-electron chi connectivity index (χ0n) is 9.97. The average molecular weight is 195 g/mol. The maximum absolute atomic E-state index is 4.03. The van der Waals surface area contributed by atoms with E-state index in [1.165, 1.54) is 37.7 Å². The molecule has 2 rings (SSSR count). The molecule has 1 aliphatic carbocycles. The minimum atomic E-state index is 0.623. The highest BCUT2D eigenvalue weighted by atomic mass is 15.0. The molecule has 1 saturated heterocycles. The normalized spacial score (nSPS) is 35.5. The van der Waals surface area contributed by atoms with Gasteiger partial charge in [-0.25, -0.2) is 0 Å². The molecular weight excluding hydrogens is 170 g/mol. The summed E-state index contributed by atoms with van der Waals surface area (Å²) in [4.78, 5) is 0. The molecule has 1 heterocycles. The Labute approximate surface area is 89.0 Å². The predicted octanol–water partition coefficient (Wildman–Crippen LogP) is 3.51. The summed E-state index contributed by atoms with van der Waals surface area (Å²) in [5.41, 5.74) is 1.32. The molecular formula is C13H25N. The van der Waals surface area contributed by atoms with Crippen LogP contribution in [0.1, 0.15) is 52.9 Å². The first-order valence-electron chi connectivity index (χ1n) is 6.19. The van der Waals surface area contributed by atoms with Crippen LogP contribution in [0.5, 0.6) is 0 Å². The molecule has 1 nitrogen and oxygen atoms in total. The van der Waals surface area contributed by atoms with Crippen LogP contribution < -0.4 is 5.32 Å². The monoisotopic (exact) mass is 195 g/mol. The molecule has 1 unspecified atom stereocenters. The van der Waals surface area contributed by atoms with Crippen LogP contribution in [0.15, 0.2) is 12.2 Å². The van der Waals surface area contributed by atoms with Crippen LogP contribution in [0.25, 0.3) is 0 Å². The number of hydrogen-bond donors (Lipinski definition) is 1. The first-order valence-corrected chi connectivity index (χ1v) is 6.19. The molecule has 0 aromatic carbocycles. The minimum Gasteiger partial charge on any atom is -0.307 e. The number of nitrogens with one attached hydrogen (secondary N) is 1. The van der Waals surface area contributed by atoms with Gasteiger partial charge < -0.3 is 5.32 Å². The van der Waals surface area contributed by atoms with Crippen LogP contribution in [0, 0.1) is 5.92 Å². The van der Waals surface area contributed by atoms with E-state index in [1.54, 1.807) is 0 Å². The van der Waals surface area contributed by atoms with Crippen LogP contribution in [0.4, 0.5) is 0 Å². The summed E-state index contributed by atoms with van der Waals surface area (Å²) in [5, 5.41) is 3.69. The van der Waals surface area contributed by atoms with Gasteiger partial charge in [0.05, 0.1) is 0 Å². The Morgan fingerprint density at radius 1 is 1.21 bits per heavy atom. The molecule has 1 N–H and O–H groups in total. The fourth-order valence-electron chi connectivity index (χ4n) is 2.68. The number of hydrogen-bond acceptors (Lipinski definition) is 1.